The first kappa shape index (κ1) is 18.1. The van der Waals surface area contributed by atoms with Crippen molar-refractivity contribution in [3.63, 3.8) is 0 Å². The second kappa shape index (κ2) is 7.58. The summed E-state index contributed by atoms with van der Waals surface area (Å²) >= 11 is 12.5. The molecule has 1 aliphatic rings. The Labute approximate surface area is 150 Å². The summed E-state index contributed by atoms with van der Waals surface area (Å²) in [5.41, 5.74) is 0. The average Bonchev–Trinajstić information content (AvgIpc) is 2.99. The summed E-state index contributed by atoms with van der Waals surface area (Å²) < 4.78 is 10.8. The lowest BCUT2D eigenvalue weighted by Crippen LogP contribution is -2.31. The van der Waals surface area contributed by atoms with Crippen molar-refractivity contribution in [1.82, 2.24) is 5.32 Å². The van der Waals surface area contributed by atoms with Gasteiger partial charge in [0.1, 0.15) is 17.9 Å². The molecule has 2 aromatic rings. The van der Waals surface area contributed by atoms with Crippen molar-refractivity contribution in [3.8, 4) is 5.75 Å². The third-order valence-electron chi connectivity index (χ3n) is 3.76. The summed E-state index contributed by atoms with van der Waals surface area (Å²) in [6.45, 7) is 0.563. The van der Waals surface area contributed by atoms with Crippen molar-refractivity contribution in [3.05, 3.63) is 40.4 Å². The maximum Gasteiger partial charge on any atom is 0.323 e. The van der Waals surface area contributed by atoms with Gasteiger partial charge in [0.25, 0.3) is 0 Å². The number of nitrogens with one attached hydrogen (secondary N) is 1. The molecule has 0 unspecified atom stereocenters. The number of carbonyl (C=O) groups excluding carboxylic acids is 1. The zero-order valence-electron chi connectivity index (χ0n) is 12.3. The zero-order chi connectivity index (χ0) is 15.7. The van der Waals surface area contributed by atoms with Crippen molar-refractivity contribution in [2.75, 3.05) is 13.7 Å². The monoisotopic (exact) mass is 375 g/mol. The molecule has 0 radical (unpaired) electrons. The van der Waals surface area contributed by atoms with E-state index in [9.17, 15) is 4.79 Å². The van der Waals surface area contributed by atoms with E-state index in [4.69, 9.17) is 32.7 Å². The van der Waals surface area contributed by atoms with Crippen LogP contribution in [0.25, 0.3) is 10.8 Å². The fourth-order valence-electron chi connectivity index (χ4n) is 2.67. The predicted octanol–water partition coefficient (Wildman–Crippen LogP) is 3.85. The number of fused-ring (bicyclic) bond motifs is 1. The van der Waals surface area contributed by atoms with Crippen molar-refractivity contribution < 1.29 is 14.3 Å². The van der Waals surface area contributed by atoms with Gasteiger partial charge >= 0.3 is 5.97 Å². The number of ether oxygens (including phenoxy) is 2. The van der Waals surface area contributed by atoms with Crippen LogP contribution in [0.2, 0.25) is 10.0 Å². The Bertz CT molecular complexity index is 723. The molecule has 1 aliphatic heterocycles. The molecule has 1 N–H and O–H groups in total. The fourth-order valence-corrected chi connectivity index (χ4v) is 3.26. The first-order valence-electron chi connectivity index (χ1n) is 6.94. The van der Waals surface area contributed by atoms with E-state index in [2.05, 4.69) is 5.32 Å². The van der Waals surface area contributed by atoms with Gasteiger partial charge in [-0.15, -0.1) is 12.4 Å². The van der Waals surface area contributed by atoms with E-state index in [-0.39, 0.29) is 30.5 Å². The van der Waals surface area contributed by atoms with Crippen LogP contribution in [0.3, 0.4) is 0 Å². The van der Waals surface area contributed by atoms with Crippen LogP contribution in [0.5, 0.6) is 5.75 Å². The maximum absolute atomic E-state index is 11.6. The van der Waals surface area contributed by atoms with E-state index in [0.717, 1.165) is 10.8 Å². The number of esters is 1. The van der Waals surface area contributed by atoms with E-state index >= 15 is 0 Å². The van der Waals surface area contributed by atoms with Gasteiger partial charge in [0.15, 0.2) is 0 Å². The molecule has 0 amide bonds. The molecular formula is C16H16Cl3NO3. The Morgan fingerprint density at radius 3 is 2.61 bits per heavy atom. The third-order valence-corrected chi connectivity index (χ3v) is 4.35. The molecule has 7 heteroatoms. The van der Waals surface area contributed by atoms with Gasteiger partial charge < -0.3 is 14.8 Å². The smallest absolute Gasteiger partial charge is 0.323 e. The van der Waals surface area contributed by atoms with E-state index in [1.54, 1.807) is 6.07 Å². The van der Waals surface area contributed by atoms with Gasteiger partial charge in [0.05, 0.1) is 17.2 Å². The van der Waals surface area contributed by atoms with Crippen molar-refractivity contribution in [2.24, 2.45) is 0 Å². The highest BCUT2D eigenvalue weighted by Gasteiger charge is 2.32. The maximum atomic E-state index is 11.6. The number of halogens is 3. The van der Waals surface area contributed by atoms with Crippen LogP contribution in [0.15, 0.2) is 30.3 Å². The zero-order valence-corrected chi connectivity index (χ0v) is 14.7. The molecule has 2 aromatic carbocycles. The van der Waals surface area contributed by atoms with Crippen molar-refractivity contribution in [2.45, 2.75) is 18.6 Å². The normalized spacial score (nSPS) is 20.1. The Kier molecular flexibility index (Phi) is 5.98. The first-order chi connectivity index (χ1) is 10.6. The summed E-state index contributed by atoms with van der Waals surface area (Å²) in [7, 11) is 1.38. The molecule has 4 nitrogen and oxygen atoms in total. The molecule has 0 aromatic heterocycles. The second-order valence-electron chi connectivity index (χ2n) is 5.17. The number of rotatable bonds is 3. The molecule has 0 bridgehead atoms. The average molecular weight is 377 g/mol. The van der Waals surface area contributed by atoms with Crippen LogP contribution >= 0.6 is 35.6 Å². The SMILES string of the molecule is COC(=O)[C@@H]1C[C@@H](Oc2c(Cl)cc(Cl)c3ccccc23)CN1.Cl. The van der Waals surface area contributed by atoms with Crippen LogP contribution in [-0.4, -0.2) is 31.8 Å². The molecule has 0 saturated carbocycles. The van der Waals surface area contributed by atoms with E-state index in [0.29, 0.717) is 28.8 Å². The lowest BCUT2D eigenvalue weighted by atomic mass is 10.1. The molecule has 1 fully saturated rings. The fraction of sp³-hybridized carbons (Fsp3) is 0.312. The van der Waals surface area contributed by atoms with Gasteiger partial charge in [0.2, 0.25) is 0 Å². The number of carbonyl (C=O) groups is 1. The van der Waals surface area contributed by atoms with Crippen LogP contribution in [-0.2, 0) is 9.53 Å². The van der Waals surface area contributed by atoms with Gasteiger partial charge in [-0.1, -0.05) is 47.5 Å². The Morgan fingerprint density at radius 1 is 1.22 bits per heavy atom. The largest absolute Gasteiger partial charge is 0.487 e. The minimum absolute atomic E-state index is 0. The summed E-state index contributed by atoms with van der Waals surface area (Å²) in [6.07, 6.45) is 0.395. The van der Waals surface area contributed by atoms with E-state index in [1.165, 1.54) is 7.11 Å². The first-order valence-corrected chi connectivity index (χ1v) is 7.70. The summed E-state index contributed by atoms with van der Waals surface area (Å²) in [4.78, 5) is 11.6. The van der Waals surface area contributed by atoms with Gasteiger partial charge in [-0.25, -0.2) is 0 Å². The van der Waals surface area contributed by atoms with Crippen LogP contribution in [0.4, 0.5) is 0 Å². The van der Waals surface area contributed by atoms with Gasteiger partial charge in [-0.3, -0.25) is 4.79 Å². The highest BCUT2D eigenvalue weighted by molar-refractivity contribution is 6.39. The van der Waals surface area contributed by atoms with Crippen molar-refractivity contribution >= 4 is 52.4 Å². The highest BCUT2D eigenvalue weighted by atomic mass is 35.5. The van der Waals surface area contributed by atoms with Crippen LogP contribution in [0.1, 0.15) is 6.42 Å². The Balaban J connectivity index is 0.00000192. The van der Waals surface area contributed by atoms with E-state index in [1.807, 2.05) is 24.3 Å². The number of hydrogen-bond donors (Lipinski definition) is 1. The molecule has 2 atom stereocenters. The molecule has 3 rings (SSSR count). The van der Waals surface area contributed by atoms with E-state index < -0.39 is 0 Å². The number of hydrogen-bond acceptors (Lipinski definition) is 4. The molecular weight excluding hydrogens is 361 g/mol. The summed E-state index contributed by atoms with van der Waals surface area (Å²) in [6, 6.07) is 9.00. The number of benzene rings is 2. The van der Waals surface area contributed by atoms with Crippen LogP contribution in [0, 0.1) is 0 Å². The molecule has 23 heavy (non-hydrogen) atoms. The molecule has 0 spiro atoms. The lowest BCUT2D eigenvalue weighted by molar-refractivity contribution is -0.142. The minimum Gasteiger partial charge on any atom is -0.487 e. The minimum atomic E-state index is -0.340. The summed E-state index contributed by atoms with van der Waals surface area (Å²) in [5, 5.41) is 5.89. The van der Waals surface area contributed by atoms with Gasteiger partial charge in [0, 0.05) is 23.7 Å². The summed E-state index contributed by atoms with van der Waals surface area (Å²) in [5.74, 6) is 0.317. The number of methoxy groups -OCH3 is 1. The standard InChI is InChI=1S/C16H15Cl2NO3.ClH/c1-21-16(20)14-6-9(8-19-14)22-15-11-5-3-2-4-10(11)12(17)7-13(15)18;/h2-5,7,9,14,19H,6,8H2,1H3;1H/t9-,14+;/m1./s1. The third kappa shape index (κ3) is 3.66. The Hall–Kier alpha value is -1.20. The molecule has 1 saturated heterocycles. The molecule has 0 aliphatic carbocycles. The molecule has 124 valence electrons. The predicted molar refractivity (Wildman–Crippen MR) is 94.1 cm³/mol. The lowest BCUT2D eigenvalue weighted by Gasteiger charge is -2.17. The van der Waals surface area contributed by atoms with Crippen LogP contribution < -0.4 is 10.1 Å². The van der Waals surface area contributed by atoms with Gasteiger partial charge in [-0.2, -0.15) is 0 Å². The topological polar surface area (TPSA) is 47.6 Å². The Morgan fingerprint density at radius 2 is 1.91 bits per heavy atom. The second-order valence-corrected chi connectivity index (χ2v) is 5.99. The molecule has 1 heterocycles. The van der Waals surface area contributed by atoms with Gasteiger partial charge in [-0.05, 0) is 6.07 Å². The quantitative estimate of drug-likeness (QED) is 0.827. The van der Waals surface area contributed by atoms with Crippen molar-refractivity contribution in [1.29, 1.82) is 0 Å². The highest BCUT2D eigenvalue weighted by Crippen LogP contribution is 2.39.